The number of nitrogens with one attached hydrogen (secondary N) is 1. The van der Waals surface area contributed by atoms with E-state index in [9.17, 15) is 0 Å². The van der Waals surface area contributed by atoms with Crippen molar-refractivity contribution in [2.24, 2.45) is 5.84 Å². The predicted molar refractivity (Wildman–Crippen MR) is 75.0 cm³/mol. The van der Waals surface area contributed by atoms with Crippen LogP contribution in [0.4, 0.5) is 5.82 Å². The Kier molecular flexibility index (Phi) is 6.48. The van der Waals surface area contributed by atoms with Crippen molar-refractivity contribution in [1.82, 2.24) is 19.9 Å². The Morgan fingerprint density at radius 3 is 1.47 bits per heavy atom. The molecule has 0 saturated heterocycles. The predicted octanol–water partition coefficient (Wildman–Crippen LogP) is 2.53. The topological polar surface area (TPSA) is 89.6 Å². The second kappa shape index (κ2) is 7.64. The van der Waals surface area contributed by atoms with Crippen LogP contribution >= 0.6 is 47.8 Å². The van der Waals surface area contributed by atoms with Crippen LogP contribution in [0.15, 0.2) is 38.6 Å². The van der Waals surface area contributed by atoms with E-state index in [1.54, 1.807) is 18.6 Å². The molecule has 0 aliphatic carbocycles. The minimum atomic E-state index is 0.554. The summed E-state index contributed by atoms with van der Waals surface area (Å²) in [4.78, 5) is 15.5. The Balaban J connectivity index is 0.000000171. The molecule has 0 atom stereocenters. The van der Waals surface area contributed by atoms with Crippen molar-refractivity contribution in [2.45, 2.75) is 0 Å². The maximum Gasteiger partial charge on any atom is 0.158 e. The molecule has 90 valence electrons. The zero-order valence-electron chi connectivity index (χ0n) is 8.31. The third-order valence-corrected chi connectivity index (χ3v) is 2.59. The average molecular weight is 427 g/mol. The maximum absolute atomic E-state index is 5.03. The van der Waals surface area contributed by atoms with Crippen molar-refractivity contribution in [1.29, 1.82) is 0 Å². The molecule has 17 heavy (non-hydrogen) atoms. The lowest BCUT2D eigenvalue weighted by molar-refractivity contribution is 1.13. The highest BCUT2D eigenvalue weighted by atomic mass is 79.9. The molecular formula is C8H7Br3N6. The first-order valence-corrected chi connectivity index (χ1v) is 6.57. The number of aromatic nitrogens is 4. The summed E-state index contributed by atoms with van der Waals surface area (Å²) in [6.45, 7) is 0. The molecule has 2 heterocycles. The SMILES string of the molecule is Brc1cnc(Br)cn1.NNc1cnc(Br)cn1. The quantitative estimate of drug-likeness (QED) is 0.538. The number of hydrogen-bond acceptors (Lipinski definition) is 6. The molecular weight excluding hydrogens is 420 g/mol. The molecule has 9 heteroatoms. The summed E-state index contributed by atoms with van der Waals surface area (Å²) in [5, 5.41) is 0. The number of hydrazine groups is 1. The largest absolute Gasteiger partial charge is 0.307 e. The van der Waals surface area contributed by atoms with E-state index in [0.29, 0.717) is 10.4 Å². The van der Waals surface area contributed by atoms with E-state index in [2.05, 4.69) is 73.2 Å². The summed E-state index contributed by atoms with van der Waals surface area (Å²) in [7, 11) is 0. The minimum Gasteiger partial charge on any atom is -0.307 e. The normalized spacial score (nSPS) is 9.18. The van der Waals surface area contributed by atoms with E-state index in [4.69, 9.17) is 5.84 Å². The van der Waals surface area contributed by atoms with Gasteiger partial charge in [0.2, 0.25) is 0 Å². The molecule has 0 spiro atoms. The zero-order valence-corrected chi connectivity index (χ0v) is 13.1. The molecule has 6 nitrogen and oxygen atoms in total. The van der Waals surface area contributed by atoms with E-state index in [1.165, 1.54) is 6.20 Å². The highest BCUT2D eigenvalue weighted by Crippen LogP contribution is 2.06. The van der Waals surface area contributed by atoms with Crippen molar-refractivity contribution >= 4 is 53.6 Å². The summed E-state index contributed by atoms with van der Waals surface area (Å²) < 4.78 is 2.20. The zero-order chi connectivity index (χ0) is 12.7. The van der Waals surface area contributed by atoms with Gasteiger partial charge in [-0.15, -0.1) is 0 Å². The van der Waals surface area contributed by atoms with Gasteiger partial charge >= 0.3 is 0 Å². The Labute approximate surface area is 123 Å². The molecule has 0 amide bonds. The standard InChI is InChI=1S/C4H2Br2N2.C4H5BrN4/c5-3-1-7-4(6)2-8-3;5-3-1-8-4(9-6)2-7-3/h1-2H;1-2H,6H2,(H,8,9). The van der Waals surface area contributed by atoms with Gasteiger partial charge in [0.15, 0.2) is 5.82 Å². The van der Waals surface area contributed by atoms with Crippen LogP contribution in [0.1, 0.15) is 0 Å². The number of hydrogen-bond donors (Lipinski definition) is 2. The Bertz CT molecular complexity index is 425. The first-order valence-electron chi connectivity index (χ1n) is 4.19. The van der Waals surface area contributed by atoms with Crippen LogP contribution in [0, 0.1) is 0 Å². The number of nitrogens with zero attached hydrogens (tertiary/aromatic N) is 4. The molecule has 2 rings (SSSR count). The first-order chi connectivity index (χ1) is 8.11. The number of rotatable bonds is 1. The fourth-order valence-electron chi connectivity index (χ4n) is 0.683. The van der Waals surface area contributed by atoms with Gasteiger partial charge in [0.1, 0.15) is 13.8 Å². The highest BCUT2D eigenvalue weighted by molar-refractivity contribution is 9.11. The van der Waals surface area contributed by atoms with Gasteiger partial charge in [0, 0.05) is 0 Å². The van der Waals surface area contributed by atoms with Crippen molar-refractivity contribution in [2.75, 3.05) is 5.43 Å². The monoisotopic (exact) mass is 424 g/mol. The summed E-state index contributed by atoms with van der Waals surface area (Å²) in [6, 6.07) is 0. The fourth-order valence-corrected chi connectivity index (χ4v) is 1.30. The fraction of sp³-hybridized carbons (Fsp3) is 0. The number of anilines is 1. The molecule has 0 unspecified atom stereocenters. The summed E-state index contributed by atoms with van der Waals surface area (Å²) in [6.07, 6.45) is 6.35. The molecule has 0 aromatic carbocycles. The second-order valence-corrected chi connectivity index (χ2v) is 4.97. The Morgan fingerprint density at radius 1 is 0.765 bits per heavy atom. The van der Waals surface area contributed by atoms with Crippen molar-refractivity contribution in [3.05, 3.63) is 38.6 Å². The van der Waals surface area contributed by atoms with Gasteiger partial charge in [-0.05, 0) is 47.8 Å². The van der Waals surface area contributed by atoms with Crippen molar-refractivity contribution in [3.63, 3.8) is 0 Å². The molecule has 0 aliphatic heterocycles. The Hall–Kier alpha value is -0.640. The highest BCUT2D eigenvalue weighted by Gasteiger charge is 1.88. The van der Waals surface area contributed by atoms with Crippen LogP contribution in [-0.4, -0.2) is 19.9 Å². The second-order valence-electron chi connectivity index (χ2n) is 2.53. The van der Waals surface area contributed by atoms with E-state index >= 15 is 0 Å². The van der Waals surface area contributed by atoms with Crippen LogP contribution in [-0.2, 0) is 0 Å². The summed E-state index contributed by atoms with van der Waals surface area (Å²) >= 11 is 9.43. The van der Waals surface area contributed by atoms with Crippen LogP contribution < -0.4 is 11.3 Å². The van der Waals surface area contributed by atoms with Gasteiger partial charge in [-0.1, -0.05) is 0 Å². The lowest BCUT2D eigenvalue weighted by Crippen LogP contribution is -2.08. The number of nitrogens with two attached hydrogens (primary N) is 1. The Morgan fingerprint density at radius 2 is 1.18 bits per heavy atom. The molecule has 0 radical (unpaired) electrons. The van der Waals surface area contributed by atoms with E-state index in [1.807, 2.05) is 0 Å². The third-order valence-electron chi connectivity index (χ3n) is 1.36. The lowest BCUT2D eigenvalue weighted by atomic mass is 10.7. The van der Waals surface area contributed by atoms with E-state index < -0.39 is 0 Å². The van der Waals surface area contributed by atoms with Crippen molar-refractivity contribution in [3.8, 4) is 0 Å². The molecule has 0 saturated carbocycles. The van der Waals surface area contributed by atoms with Gasteiger partial charge in [-0.3, -0.25) is 0 Å². The number of nitrogen functional groups attached to an aromatic ring is 1. The summed E-state index contributed by atoms with van der Waals surface area (Å²) in [5.74, 6) is 5.59. The van der Waals surface area contributed by atoms with Gasteiger partial charge < -0.3 is 5.43 Å². The van der Waals surface area contributed by atoms with Gasteiger partial charge in [0.25, 0.3) is 0 Å². The molecule has 0 aliphatic rings. The van der Waals surface area contributed by atoms with E-state index in [0.717, 1.165) is 9.21 Å². The molecule has 2 aromatic rings. The van der Waals surface area contributed by atoms with Crippen LogP contribution in [0.5, 0.6) is 0 Å². The third kappa shape index (κ3) is 6.01. The van der Waals surface area contributed by atoms with E-state index in [-0.39, 0.29) is 0 Å². The van der Waals surface area contributed by atoms with Crippen LogP contribution in [0.3, 0.4) is 0 Å². The molecule has 3 N–H and O–H groups in total. The smallest absolute Gasteiger partial charge is 0.158 e. The lowest BCUT2D eigenvalue weighted by Gasteiger charge is -1.94. The summed E-state index contributed by atoms with van der Waals surface area (Å²) in [5.41, 5.74) is 2.36. The van der Waals surface area contributed by atoms with Crippen LogP contribution in [0.2, 0.25) is 0 Å². The van der Waals surface area contributed by atoms with Gasteiger partial charge in [-0.25, -0.2) is 25.8 Å². The first kappa shape index (κ1) is 14.4. The van der Waals surface area contributed by atoms with Gasteiger partial charge in [0.05, 0.1) is 24.8 Å². The van der Waals surface area contributed by atoms with Crippen molar-refractivity contribution < 1.29 is 0 Å². The van der Waals surface area contributed by atoms with Gasteiger partial charge in [-0.2, -0.15) is 0 Å². The average Bonchev–Trinajstić information content (AvgIpc) is 2.35. The molecule has 0 fully saturated rings. The molecule has 2 aromatic heterocycles. The molecule has 0 bridgehead atoms. The number of halogens is 3. The minimum absolute atomic E-state index is 0.554. The maximum atomic E-state index is 5.03. The van der Waals surface area contributed by atoms with Crippen LogP contribution in [0.25, 0.3) is 0 Å².